The Bertz CT molecular complexity index is 400. The summed E-state index contributed by atoms with van der Waals surface area (Å²) >= 11 is 0. The molecule has 0 fully saturated rings. The smallest absolute Gasteiger partial charge is 0.101 e. The summed E-state index contributed by atoms with van der Waals surface area (Å²) in [6.45, 7) is 6.48. The summed E-state index contributed by atoms with van der Waals surface area (Å²) in [6.07, 6.45) is 2.07. The number of anilines is 2. The highest BCUT2D eigenvalue weighted by atomic mass is 15.0. The van der Waals surface area contributed by atoms with Crippen LogP contribution in [0.15, 0.2) is 18.2 Å². The Hall–Kier alpha value is -1.69. The Morgan fingerprint density at radius 3 is 2.50 bits per heavy atom. The van der Waals surface area contributed by atoms with Crippen LogP contribution in [0.1, 0.15) is 39.2 Å². The van der Waals surface area contributed by atoms with Crippen LogP contribution >= 0.6 is 0 Å². The Kier molecular flexibility index (Phi) is 3.78. The molecule has 3 heteroatoms. The lowest BCUT2D eigenvalue weighted by atomic mass is 9.95. The van der Waals surface area contributed by atoms with E-state index in [2.05, 4.69) is 32.2 Å². The van der Waals surface area contributed by atoms with Gasteiger partial charge in [0.1, 0.15) is 6.07 Å². The van der Waals surface area contributed by atoms with Gasteiger partial charge in [0, 0.05) is 16.9 Å². The summed E-state index contributed by atoms with van der Waals surface area (Å²) < 4.78 is 0. The van der Waals surface area contributed by atoms with Gasteiger partial charge in [-0.1, -0.05) is 13.8 Å². The first-order valence-corrected chi connectivity index (χ1v) is 5.62. The van der Waals surface area contributed by atoms with Crippen LogP contribution in [0.25, 0.3) is 0 Å². The fourth-order valence-corrected chi connectivity index (χ4v) is 1.51. The van der Waals surface area contributed by atoms with Gasteiger partial charge in [0.15, 0.2) is 0 Å². The minimum absolute atomic E-state index is 0.0723. The van der Waals surface area contributed by atoms with Gasteiger partial charge in [0.25, 0.3) is 0 Å². The molecule has 0 spiro atoms. The zero-order valence-corrected chi connectivity index (χ0v) is 10.2. The number of nitrogens with one attached hydrogen (secondary N) is 1. The molecule has 0 bridgehead atoms. The van der Waals surface area contributed by atoms with Crippen molar-refractivity contribution in [1.29, 1.82) is 5.26 Å². The number of nitrogen functional groups attached to an aromatic ring is 1. The molecule has 1 aromatic carbocycles. The molecular formula is C13H19N3. The lowest BCUT2D eigenvalue weighted by molar-refractivity contribution is 0.478. The van der Waals surface area contributed by atoms with Crippen molar-refractivity contribution in [3.63, 3.8) is 0 Å². The molecule has 0 saturated carbocycles. The SMILES string of the molecule is CCC(C)(CC)Nc1ccc(N)c(C#N)c1. The minimum atomic E-state index is 0.0723. The van der Waals surface area contributed by atoms with Gasteiger partial charge in [-0.2, -0.15) is 5.26 Å². The second-order valence-electron chi connectivity index (χ2n) is 4.31. The van der Waals surface area contributed by atoms with Crippen LogP contribution in [0.5, 0.6) is 0 Å². The molecule has 0 saturated heterocycles. The fourth-order valence-electron chi connectivity index (χ4n) is 1.51. The summed E-state index contributed by atoms with van der Waals surface area (Å²) in [7, 11) is 0. The molecule has 0 aliphatic heterocycles. The van der Waals surface area contributed by atoms with Crippen molar-refractivity contribution in [3.05, 3.63) is 23.8 Å². The highest BCUT2D eigenvalue weighted by Crippen LogP contribution is 2.24. The summed E-state index contributed by atoms with van der Waals surface area (Å²) in [5.74, 6) is 0. The monoisotopic (exact) mass is 217 g/mol. The second kappa shape index (κ2) is 4.89. The third-order valence-electron chi connectivity index (χ3n) is 3.18. The van der Waals surface area contributed by atoms with E-state index in [0.717, 1.165) is 18.5 Å². The van der Waals surface area contributed by atoms with Crippen LogP contribution in [-0.4, -0.2) is 5.54 Å². The fraction of sp³-hybridized carbons (Fsp3) is 0.462. The maximum atomic E-state index is 8.90. The molecule has 0 aliphatic carbocycles. The molecular weight excluding hydrogens is 198 g/mol. The Balaban J connectivity index is 2.95. The molecule has 0 unspecified atom stereocenters. The van der Waals surface area contributed by atoms with E-state index in [-0.39, 0.29) is 5.54 Å². The first kappa shape index (κ1) is 12.4. The van der Waals surface area contributed by atoms with E-state index >= 15 is 0 Å². The van der Waals surface area contributed by atoms with Crippen molar-refractivity contribution in [2.75, 3.05) is 11.1 Å². The largest absolute Gasteiger partial charge is 0.398 e. The van der Waals surface area contributed by atoms with Gasteiger partial charge in [-0.25, -0.2) is 0 Å². The van der Waals surface area contributed by atoms with Gasteiger partial charge in [-0.15, -0.1) is 0 Å². The lowest BCUT2D eigenvalue weighted by Crippen LogP contribution is -2.32. The summed E-state index contributed by atoms with van der Waals surface area (Å²) in [5, 5.41) is 12.3. The van der Waals surface area contributed by atoms with E-state index < -0.39 is 0 Å². The Morgan fingerprint density at radius 1 is 1.38 bits per heavy atom. The van der Waals surface area contributed by atoms with Crippen LogP contribution in [0.4, 0.5) is 11.4 Å². The molecule has 0 aromatic heterocycles. The quantitative estimate of drug-likeness (QED) is 0.762. The van der Waals surface area contributed by atoms with Crippen molar-refractivity contribution in [3.8, 4) is 6.07 Å². The normalized spacial score (nSPS) is 10.9. The first-order valence-electron chi connectivity index (χ1n) is 5.62. The van der Waals surface area contributed by atoms with Crippen LogP contribution in [0.3, 0.4) is 0 Å². The molecule has 16 heavy (non-hydrogen) atoms. The van der Waals surface area contributed by atoms with Crippen molar-refractivity contribution >= 4 is 11.4 Å². The lowest BCUT2D eigenvalue weighted by Gasteiger charge is -2.29. The molecule has 0 amide bonds. The molecule has 1 aromatic rings. The van der Waals surface area contributed by atoms with Crippen molar-refractivity contribution < 1.29 is 0 Å². The molecule has 3 nitrogen and oxygen atoms in total. The van der Waals surface area contributed by atoms with E-state index in [4.69, 9.17) is 11.0 Å². The van der Waals surface area contributed by atoms with Gasteiger partial charge in [-0.3, -0.25) is 0 Å². The molecule has 86 valence electrons. The molecule has 1 rings (SSSR count). The molecule has 0 aliphatic rings. The first-order chi connectivity index (χ1) is 7.54. The number of hydrogen-bond donors (Lipinski definition) is 2. The average molecular weight is 217 g/mol. The van der Waals surface area contributed by atoms with E-state index in [1.54, 1.807) is 12.1 Å². The summed E-state index contributed by atoms with van der Waals surface area (Å²) in [5.41, 5.74) is 7.76. The van der Waals surface area contributed by atoms with E-state index in [1.807, 2.05) is 6.07 Å². The molecule has 0 radical (unpaired) electrons. The number of benzene rings is 1. The third kappa shape index (κ3) is 2.66. The molecule has 0 atom stereocenters. The topological polar surface area (TPSA) is 61.8 Å². The zero-order chi connectivity index (χ0) is 12.2. The maximum absolute atomic E-state index is 8.90. The van der Waals surface area contributed by atoms with Crippen LogP contribution < -0.4 is 11.1 Å². The summed E-state index contributed by atoms with van der Waals surface area (Å²) in [6, 6.07) is 7.58. The van der Waals surface area contributed by atoms with Crippen LogP contribution in [-0.2, 0) is 0 Å². The van der Waals surface area contributed by atoms with Gasteiger partial charge in [-0.05, 0) is 38.0 Å². The highest BCUT2D eigenvalue weighted by molar-refractivity contribution is 5.62. The average Bonchev–Trinajstić information content (AvgIpc) is 2.31. The van der Waals surface area contributed by atoms with E-state index in [9.17, 15) is 0 Å². The number of nitrogens with zero attached hydrogens (tertiary/aromatic N) is 1. The van der Waals surface area contributed by atoms with E-state index in [0.29, 0.717) is 11.3 Å². The molecule has 3 N–H and O–H groups in total. The zero-order valence-electron chi connectivity index (χ0n) is 10.2. The number of rotatable bonds is 4. The number of nitrogens with two attached hydrogens (primary N) is 1. The predicted octanol–water partition coefficient (Wildman–Crippen LogP) is 3.13. The maximum Gasteiger partial charge on any atom is 0.101 e. The van der Waals surface area contributed by atoms with Gasteiger partial charge >= 0.3 is 0 Å². The highest BCUT2D eigenvalue weighted by Gasteiger charge is 2.18. The standard InChI is InChI=1S/C13H19N3/c1-4-13(3,5-2)16-11-6-7-12(15)10(8-11)9-14/h6-8,16H,4-5,15H2,1-3H3. The van der Waals surface area contributed by atoms with Gasteiger partial charge in [0.2, 0.25) is 0 Å². The van der Waals surface area contributed by atoms with E-state index in [1.165, 1.54) is 0 Å². The predicted molar refractivity (Wildman–Crippen MR) is 68.2 cm³/mol. The van der Waals surface area contributed by atoms with Crippen LogP contribution in [0, 0.1) is 11.3 Å². The third-order valence-corrected chi connectivity index (χ3v) is 3.18. The second-order valence-corrected chi connectivity index (χ2v) is 4.31. The van der Waals surface area contributed by atoms with Gasteiger partial charge in [0.05, 0.1) is 5.56 Å². The number of hydrogen-bond acceptors (Lipinski definition) is 3. The molecule has 0 heterocycles. The van der Waals surface area contributed by atoms with Crippen LogP contribution in [0.2, 0.25) is 0 Å². The Labute approximate surface area is 97.3 Å². The summed E-state index contributed by atoms with van der Waals surface area (Å²) in [4.78, 5) is 0. The number of nitriles is 1. The van der Waals surface area contributed by atoms with Gasteiger partial charge < -0.3 is 11.1 Å². The Morgan fingerprint density at radius 2 is 2.00 bits per heavy atom. The van der Waals surface area contributed by atoms with Crippen molar-refractivity contribution in [2.24, 2.45) is 0 Å². The van der Waals surface area contributed by atoms with Crippen molar-refractivity contribution in [1.82, 2.24) is 0 Å². The minimum Gasteiger partial charge on any atom is -0.398 e. The van der Waals surface area contributed by atoms with Crippen molar-refractivity contribution in [2.45, 2.75) is 39.2 Å².